The van der Waals surface area contributed by atoms with Crippen molar-refractivity contribution in [1.29, 1.82) is 0 Å². The predicted molar refractivity (Wildman–Crippen MR) is 93.3 cm³/mol. The molecule has 0 saturated heterocycles. The minimum Gasteiger partial charge on any atom is -0.353 e. The molecule has 0 spiro atoms. The molecular weight excluding hydrogens is 367 g/mol. The van der Waals surface area contributed by atoms with Crippen LogP contribution in [-0.2, 0) is 11.3 Å². The Morgan fingerprint density at radius 3 is 2.55 bits per heavy atom. The van der Waals surface area contributed by atoms with E-state index in [1.807, 2.05) is 30.3 Å². The van der Waals surface area contributed by atoms with Crippen LogP contribution in [0.1, 0.15) is 5.56 Å². The fourth-order valence-electron chi connectivity index (χ4n) is 1.41. The van der Waals surface area contributed by atoms with Gasteiger partial charge < -0.3 is 16.0 Å². The summed E-state index contributed by atoms with van der Waals surface area (Å²) in [7, 11) is 1.65. The summed E-state index contributed by atoms with van der Waals surface area (Å²) >= 11 is 0. The zero-order valence-electron chi connectivity index (χ0n) is 11.6. The van der Waals surface area contributed by atoms with E-state index in [-0.39, 0.29) is 36.4 Å². The molecule has 6 heteroatoms. The van der Waals surface area contributed by atoms with Gasteiger partial charge in [-0.25, -0.2) is 0 Å². The molecule has 0 aromatic heterocycles. The predicted octanol–water partition coefficient (Wildman–Crippen LogP) is 1.27. The minimum absolute atomic E-state index is 0. The van der Waals surface area contributed by atoms with E-state index in [1.54, 1.807) is 13.1 Å². The summed E-state index contributed by atoms with van der Waals surface area (Å²) in [4.78, 5) is 15.6. The summed E-state index contributed by atoms with van der Waals surface area (Å²) in [6, 6.07) is 9.78. The number of nitrogens with zero attached hydrogens (tertiary/aromatic N) is 1. The molecule has 0 unspecified atom stereocenters. The third-order valence-corrected chi connectivity index (χ3v) is 2.39. The first-order valence-electron chi connectivity index (χ1n) is 6.12. The van der Waals surface area contributed by atoms with Gasteiger partial charge in [0.15, 0.2) is 5.96 Å². The van der Waals surface area contributed by atoms with E-state index < -0.39 is 0 Å². The van der Waals surface area contributed by atoms with Crippen molar-refractivity contribution in [3.63, 3.8) is 0 Å². The Kier molecular flexibility index (Phi) is 10.4. The minimum atomic E-state index is -0.0783. The lowest BCUT2D eigenvalue weighted by molar-refractivity contribution is -0.120. The second-order valence-corrected chi connectivity index (χ2v) is 3.86. The van der Waals surface area contributed by atoms with Gasteiger partial charge >= 0.3 is 0 Å². The lowest BCUT2D eigenvalue weighted by Crippen LogP contribution is -2.43. The van der Waals surface area contributed by atoms with Gasteiger partial charge in [-0.3, -0.25) is 9.79 Å². The molecule has 1 aromatic rings. The highest BCUT2D eigenvalue weighted by Crippen LogP contribution is 1.96. The van der Waals surface area contributed by atoms with Crippen LogP contribution in [0.2, 0.25) is 0 Å². The van der Waals surface area contributed by atoms with Crippen LogP contribution >= 0.6 is 24.0 Å². The van der Waals surface area contributed by atoms with Gasteiger partial charge in [0.25, 0.3) is 0 Å². The van der Waals surface area contributed by atoms with Crippen molar-refractivity contribution in [2.45, 2.75) is 6.54 Å². The SMILES string of the molecule is C=CCNC(=NC)NCC(=O)NCc1ccccc1.I. The van der Waals surface area contributed by atoms with Crippen molar-refractivity contribution in [3.8, 4) is 0 Å². The Hall–Kier alpha value is -1.57. The van der Waals surface area contributed by atoms with Crippen LogP contribution in [0.5, 0.6) is 0 Å². The van der Waals surface area contributed by atoms with Crippen LogP contribution in [-0.4, -0.2) is 32.0 Å². The summed E-state index contributed by atoms with van der Waals surface area (Å²) in [6.07, 6.45) is 1.72. The van der Waals surface area contributed by atoms with Crippen LogP contribution in [0.4, 0.5) is 0 Å². The van der Waals surface area contributed by atoms with Gasteiger partial charge in [0.05, 0.1) is 6.54 Å². The molecule has 0 aliphatic rings. The Bertz CT molecular complexity index is 434. The van der Waals surface area contributed by atoms with Crippen LogP contribution in [0.25, 0.3) is 0 Å². The molecule has 20 heavy (non-hydrogen) atoms. The van der Waals surface area contributed by atoms with Gasteiger partial charge in [-0.1, -0.05) is 36.4 Å². The first kappa shape index (κ1) is 18.4. The first-order chi connectivity index (χ1) is 9.26. The zero-order valence-corrected chi connectivity index (χ0v) is 13.9. The molecule has 0 fully saturated rings. The van der Waals surface area contributed by atoms with E-state index in [0.717, 1.165) is 5.56 Å². The van der Waals surface area contributed by atoms with Crippen molar-refractivity contribution in [1.82, 2.24) is 16.0 Å². The number of guanidine groups is 1. The summed E-state index contributed by atoms with van der Waals surface area (Å²) in [6.45, 7) is 4.92. The normalized spacial score (nSPS) is 10.2. The fourth-order valence-corrected chi connectivity index (χ4v) is 1.41. The molecule has 110 valence electrons. The Labute approximate surface area is 137 Å². The number of nitrogens with one attached hydrogen (secondary N) is 3. The maximum Gasteiger partial charge on any atom is 0.239 e. The monoisotopic (exact) mass is 388 g/mol. The maximum absolute atomic E-state index is 11.6. The summed E-state index contributed by atoms with van der Waals surface area (Å²) in [5, 5.41) is 8.74. The van der Waals surface area contributed by atoms with E-state index in [4.69, 9.17) is 0 Å². The molecule has 5 nitrogen and oxygen atoms in total. The Morgan fingerprint density at radius 2 is 1.95 bits per heavy atom. The van der Waals surface area contributed by atoms with Gasteiger partial charge in [-0.2, -0.15) is 0 Å². The molecule has 1 rings (SSSR count). The maximum atomic E-state index is 11.6. The highest BCUT2D eigenvalue weighted by Gasteiger charge is 2.02. The van der Waals surface area contributed by atoms with Crippen LogP contribution in [0, 0.1) is 0 Å². The molecule has 0 atom stereocenters. The highest BCUT2D eigenvalue weighted by atomic mass is 127. The first-order valence-corrected chi connectivity index (χ1v) is 6.12. The molecule has 0 saturated carbocycles. The Morgan fingerprint density at radius 1 is 1.25 bits per heavy atom. The molecule has 0 heterocycles. The molecule has 1 aromatic carbocycles. The van der Waals surface area contributed by atoms with E-state index in [2.05, 4.69) is 27.5 Å². The smallest absolute Gasteiger partial charge is 0.239 e. The van der Waals surface area contributed by atoms with E-state index in [9.17, 15) is 4.79 Å². The van der Waals surface area contributed by atoms with Gasteiger partial charge in [0.2, 0.25) is 5.91 Å². The van der Waals surface area contributed by atoms with Crippen LogP contribution in [0.15, 0.2) is 48.0 Å². The number of hydrogen-bond donors (Lipinski definition) is 3. The number of aliphatic imine (C=N–C) groups is 1. The molecular formula is C14H21IN4O. The number of carbonyl (C=O) groups is 1. The third-order valence-electron chi connectivity index (χ3n) is 2.39. The lowest BCUT2D eigenvalue weighted by atomic mass is 10.2. The number of halogens is 1. The second-order valence-electron chi connectivity index (χ2n) is 3.86. The molecule has 0 aliphatic heterocycles. The molecule has 1 amide bonds. The van der Waals surface area contributed by atoms with Crippen molar-refractivity contribution in [2.24, 2.45) is 4.99 Å². The highest BCUT2D eigenvalue weighted by molar-refractivity contribution is 14.0. The summed E-state index contributed by atoms with van der Waals surface area (Å²) < 4.78 is 0. The number of carbonyl (C=O) groups excluding carboxylic acids is 1. The Balaban J connectivity index is 0.00000361. The average molecular weight is 388 g/mol. The number of hydrogen-bond acceptors (Lipinski definition) is 2. The van der Waals surface area contributed by atoms with Crippen molar-refractivity contribution >= 4 is 35.8 Å². The standard InChI is InChI=1S/C14H20N4O.HI/c1-3-9-16-14(15-2)18-11-13(19)17-10-12-7-5-4-6-8-12;/h3-8H,1,9-11H2,2H3,(H,17,19)(H2,15,16,18);1H. The van der Waals surface area contributed by atoms with Crippen LogP contribution in [0.3, 0.4) is 0 Å². The molecule has 0 bridgehead atoms. The van der Waals surface area contributed by atoms with Crippen molar-refractivity contribution in [2.75, 3.05) is 20.1 Å². The molecule has 0 radical (unpaired) electrons. The van der Waals surface area contributed by atoms with E-state index in [0.29, 0.717) is 19.0 Å². The second kappa shape index (κ2) is 11.3. The number of rotatable bonds is 6. The van der Waals surface area contributed by atoms with Gasteiger partial charge in [-0.15, -0.1) is 30.6 Å². The van der Waals surface area contributed by atoms with E-state index in [1.165, 1.54) is 0 Å². The van der Waals surface area contributed by atoms with Gasteiger partial charge in [0, 0.05) is 20.1 Å². The topological polar surface area (TPSA) is 65.5 Å². The lowest BCUT2D eigenvalue weighted by Gasteiger charge is -2.10. The number of amides is 1. The summed E-state index contributed by atoms with van der Waals surface area (Å²) in [5.74, 6) is 0.500. The third kappa shape index (κ3) is 7.78. The van der Waals surface area contributed by atoms with Crippen molar-refractivity contribution < 1.29 is 4.79 Å². The fraction of sp³-hybridized carbons (Fsp3) is 0.286. The van der Waals surface area contributed by atoms with Gasteiger partial charge in [-0.05, 0) is 5.56 Å². The van der Waals surface area contributed by atoms with Gasteiger partial charge in [0.1, 0.15) is 0 Å². The average Bonchev–Trinajstić information content (AvgIpc) is 2.46. The molecule has 0 aliphatic carbocycles. The van der Waals surface area contributed by atoms with E-state index >= 15 is 0 Å². The summed E-state index contributed by atoms with van der Waals surface area (Å²) in [5.41, 5.74) is 1.07. The largest absolute Gasteiger partial charge is 0.353 e. The van der Waals surface area contributed by atoms with Crippen molar-refractivity contribution in [3.05, 3.63) is 48.6 Å². The quantitative estimate of drug-likeness (QED) is 0.298. The number of benzene rings is 1. The zero-order chi connectivity index (χ0) is 13.9. The van der Waals surface area contributed by atoms with Crippen LogP contribution < -0.4 is 16.0 Å². The molecule has 3 N–H and O–H groups in total.